The molecular formula is C31H24Cl4N2O4S. The van der Waals surface area contributed by atoms with Gasteiger partial charge in [-0.3, -0.25) is 9.36 Å². The van der Waals surface area contributed by atoms with Crippen LogP contribution in [0.3, 0.4) is 0 Å². The van der Waals surface area contributed by atoms with E-state index >= 15 is 0 Å². The summed E-state index contributed by atoms with van der Waals surface area (Å²) < 4.78 is 13.4. The number of esters is 1. The van der Waals surface area contributed by atoms with Crippen molar-refractivity contribution in [1.82, 2.24) is 4.57 Å². The summed E-state index contributed by atoms with van der Waals surface area (Å²) in [5, 5.41) is 1.49. The molecule has 4 aromatic rings. The number of aryl methyl sites for hydroxylation is 1. The van der Waals surface area contributed by atoms with E-state index in [1.165, 1.54) is 15.9 Å². The molecule has 0 fully saturated rings. The van der Waals surface area contributed by atoms with Gasteiger partial charge in [0.1, 0.15) is 12.4 Å². The second-order valence-electron chi connectivity index (χ2n) is 9.56. The van der Waals surface area contributed by atoms with Crippen LogP contribution in [0, 0.1) is 6.92 Å². The number of carbonyl (C=O) groups is 1. The zero-order valence-electron chi connectivity index (χ0n) is 22.7. The fraction of sp³-hybridized carbons (Fsp3) is 0.194. The van der Waals surface area contributed by atoms with Crippen molar-refractivity contribution in [1.29, 1.82) is 0 Å². The summed E-state index contributed by atoms with van der Waals surface area (Å²) in [7, 11) is 0. The van der Waals surface area contributed by atoms with Crippen molar-refractivity contribution in [3.05, 3.63) is 128 Å². The summed E-state index contributed by atoms with van der Waals surface area (Å²) in [5.41, 5.74) is 3.58. The van der Waals surface area contributed by atoms with Gasteiger partial charge in [0.05, 0.1) is 43.5 Å². The van der Waals surface area contributed by atoms with E-state index in [1.54, 1.807) is 50.3 Å². The lowest BCUT2D eigenvalue weighted by Crippen LogP contribution is -2.39. The standard InChI is InChI=1S/C31H24Cl4N2O4S/c1-4-40-30(39)26-17(3)36-31-37(27(26)19-8-5-16(2)6-9-19)29(38)25(42-31)13-20-12-21(32)14-24(35)28(20)41-15-18-7-10-22(33)23(34)11-18/h5-14,27H,4,15H2,1-3H3/b25-13-/t27-/m1/s1. The molecule has 5 rings (SSSR count). The third-order valence-electron chi connectivity index (χ3n) is 6.60. The maximum Gasteiger partial charge on any atom is 0.338 e. The van der Waals surface area contributed by atoms with E-state index in [0.29, 0.717) is 47.0 Å². The number of benzene rings is 3. The van der Waals surface area contributed by atoms with Crippen LogP contribution in [0.4, 0.5) is 0 Å². The number of carbonyl (C=O) groups excluding carboxylic acids is 1. The molecule has 0 unspecified atom stereocenters. The van der Waals surface area contributed by atoms with Gasteiger partial charge in [0.15, 0.2) is 4.80 Å². The van der Waals surface area contributed by atoms with E-state index < -0.39 is 12.0 Å². The average Bonchev–Trinajstić information content (AvgIpc) is 3.24. The highest BCUT2D eigenvalue weighted by Crippen LogP contribution is 2.35. The van der Waals surface area contributed by atoms with Crippen molar-refractivity contribution in [2.24, 2.45) is 4.99 Å². The van der Waals surface area contributed by atoms with Crippen molar-refractivity contribution < 1.29 is 14.3 Å². The molecular weight excluding hydrogens is 638 g/mol. The molecule has 0 aliphatic carbocycles. The first-order valence-corrected chi connectivity index (χ1v) is 15.2. The van der Waals surface area contributed by atoms with Gasteiger partial charge in [-0.2, -0.15) is 0 Å². The fourth-order valence-corrected chi connectivity index (χ4v) is 6.54. The van der Waals surface area contributed by atoms with Crippen LogP contribution in [-0.4, -0.2) is 17.1 Å². The first-order valence-electron chi connectivity index (χ1n) is 12.9. The largest absolute Gasteiger partial charge is 0.487 e. The fourth-order valence-electron chi connectivity index (χ4n) is 4.62. The number of allylic oxidation sites excluding steroid dienone is 1. The predicted molar refractivity (Wildman–Crippen MR) is 169 cm³/mol. The van der Waals surface area contributed by atoms with Crippen LogP contribution in [0.1, 0.15) is 42.1 Å². The molecule has 0 spiro atoms. The maximum absolute atomic E-state index is 14.0. The van der Waals surface area contributed by atoms with Gasteiger partial charge in [-0.25, -0.2) is 9.79 Å². The maximum atomic E-state index is 14.0. The summed E-state index contributed by atoms with van der Waals surface area (Å²) in [6.45, 7) is 5.80. The van der Waals surface area contributed by atoms with Crippen LogP contribution in [0.5, 0.6) is 5.75 Å². The zero-order valence-corrected chi connectivity index (χ0v) is 26.6. The molecule has 2 heterocycles. The van der Waals surface area contributed by atoms with Gasteiger partial charge >= 0.3 is 5.97 Å². The average molecular weight is 662 g/mol. The minimum atomic E-state index is -0.712. The van der Waals surface area contributed by atoms with Crippen LogP contribution in [0.15, 0.2) is 75.7 Å². The highest BCUT2D eigenvalue weighted by molar-refractivity contribution is 7.07. The number of ether oxygens (including phenoxy) is 2. The lowest BCUT2D eigenvalue weighted by molar-refractivity contribution is -0.139. The number of halogens is 4. The number of rotatable bonds is 7. The monoisotopic (exact) mass is 660 g/mol. The van der Waals surface area contributed by atoms with Crippen molar-refractivity contribution in [3.8, 4) is 5.75 Å². The summed E-state index contributed by atoms with van der Waals surface area (Å²) >= 11 is 26.3. The lowest BCUT2D eigenvalue weighted by Gasteiger charge is -2.24. The smallest absolute Gasteiger partial charge is 0.338 e. The number of nitrogens with zero attached hydrogens (tertiary/aromatic N) is 2. The van der Waals surface area contributed by atoms with Crippen molar-refractivity contribution >= 4 is 69.8 Å². The Morgan fingerprint density at radius 1 is 1.00 bits per heavy atom. The van der Waals surface area contributed by atoms with Gasteiger partial charge in [-0.15, -0.1) is 0 Å². The third-order valence-corrected chi connectivity index (χ3v) is 8.82. The highest BCUT2D eigenvalue weighted by atomic mass is 35.5. The van der Waals surface area contributed by atoms with E-state index in [-0.39, 0.29) is 23.8 Å². The van der Waals surface area contributed by atoms with Crippen LogP contribution in [0.2, 0.25) is 20.1 Å². The van der Waals surface area contributed by atoms with E-state index in [4.69, 9.17) is 55.9 Å². The SMILES string of the molecule is CCOC(=O)C1=C(C)N=c2s/c(=C\c3cc(Cl)cc(Cl)c3OCc3ccc(Cl)c(Cl)c3)c(=O)n2[C@@H]1c1ccc(C)cc1. The summed E-state index contributed by atoms with van der Waals surface area (Å²) in [4.78, 5) is 32.2. The molecule has 3 aromatic carbocycles. The molecule has 0 radical (unpaired) electrons. The van der Waals surface area contributed by atoms with Crippen LogP contribution in [0.25, 0.3) is 6.08 Å². The Labute approximate surface area is 266 Å². The molecule has 42 heavy (non-hydrogen) atoms. The van der Waals surface area contributed by atoms with Crippen LogP contribution < -0.4 is 19.6 Å². The highest BCUT2D eigenvalue weighted by Gasteiger charge is 2.33. The Morgan fingerprint density at radius 2 is 1.74 bits per heavy atom. The Kier molecular flexibility index (Phi) is 9.16. The van der Waals surface area contributed by atoms with Gasteiger partial charge in [0.2, 0.25) is 0 Å². The molecule has 0 bridgehead atoms. The van der Waals surface area contributed by atoms with E-state index in [1.807, 2.05) is 31.2 Å². The number of aromatic nitrogens is 1. The molecule has 1 aliphatic heterocycles. The molecule has 1 aromatic heterocycles. The molecule has 1 aliphatic rings. The Bertz CT molecular complexity index is 1910. The molecule has 6 nitrogen and oxygen atoms in total. The van der Waals surface area contributed by atoms with Crippen molar-refractivity contribution in [2.45, 2.75) is 33.4 Å². The van der Waals surface area contributed by atoms with Crippen LogP contribution in [-0.2, 0) is 16.1 Å². The Morgan fingerprint density at radius 3 is 2.43 bits per heavy atom. The van der Waals surface area contributed by atoms with E-state index in [2.05, 4.69) is 4.99 Å². The second kappa shape index (κ2) is 12.7. The van der Waals surface area contributed by atoms with Gasteiger partial charge in [0, 0.05) is 10.6 Å². The zero-order chi connectivity index (χ0) is 30.1. The molecule has 1 atom stereocenters. The number of hydrogen-bond acceptors (Lipinski definition) is 6. The molecule has 0 amide bonds. The van der Waals surface area contributed by atoms with Gasteiger partial charge in [0.25, 0.3) is 5.56 Å². The minimum absolute atomic E-state index is 0.149. The second-order valence-corrected chi connectivity index (χ2v) is 12.2. The van der Waals surface area contributed by atoms with E-state index in [0.717, 1.165) is 16.7 Å². The first kappa shape index (κ1) is 30.4. The lowest BCUT2D eigenvalue weighted by atomic mass is 9.95. The van der Waals surface area contributed by atoms with E-state index in [9.17, 15) is 9.59 Å². The molecule has 216 valence electrons. The van der Waals surface area contributed by atoms with Crippen molar-refractivity contribution in [2.75, 3.05) is 6.61 Å². The topological polar surface area (TPSA) is 69.9 Å². The Hall–Kier alpha value is -3.07. The Balaban J connectivity index is 1.63. The van der Waals surface area contributed by atoms with Crippen LogP contribution >= 0.6 is 57.7 Å². The minimum Gasteiger partial charge on any atom is -0.487 e. The first-order chi connectivity index (χ1) is 20.1. The quantitative estimate of drug-likeness (QED) is 0.195. The summed E-state index contributed by atoms with van der Waals surface area (Å²) in [6, 6.07) is 15.4. The number of hydrogen-bond donors (Lipinski definition) is 0. The molecule has 0 N–H and O–H groups in total. The number of fused-ring (bicyclic) bond motifs is 1. The summed E-state index contributed by atoms with van der Waals surface area (Å²) in [6.07, 6.45) is 1.67. The normalized spacial score (nSPS) is 14.9. The predicted octanol–water partition coefficient (Wildman–Crippen LogP) is 7.30. The third kappa shape index (κ3) is 6.17. The van der Waals surface area contributed by atoms with Crippen molar-refractivity contribution in [3.63, 3.8) is 0 Å². The summed E-state index contributed by atoms with van der Waals surface area (Å²) in [5.74, 6) is -0.172. The number of thiazole rings is 1. The van der Waals surface area contributed by atoms with Gasteiger partial charge < -0.3 is 9.47 Å². The molecule has 11 heteroatoms. The van der Waals surface area contributed by atoms with Gasteiger partial charge in [-0.05, 0) is 62.2 Å². The van der Waals surface area contributed by atoms with Gasteiger partial charge in [-0.1, -0.05) is 93.6 Å². The molecule has 0 saturated carbocycles. The molecule has 0 saturated heterocycles.